The van der Waals surface area contributed by atoms with Crippen molar-refractivity contribution in [3.05, 3.63) is 47.7 Å². The summed E-state index contributed by atoms with van der Waals surface area (Å²) in [6.45, 7) is 16.8. The molecular weight excluding hydrogens is 1020 g/mol. The summed E-state index contributed by atoms with van der Waals surface area (Å²) in [5, 5.41) is 17.3. The molecule has 4 heterocycles. The summed E-state index contributed by atoms with van der Waals surface area (Å²) < 4.78 is 30.2. The molecular formula is C56H84N8O13S. The van der Waals surface area contributed by atoms with E-state index < -0.39 is 108 Å². The number of nitrogens with one attached hydrogen (secondary N) is 7. The van der Waals surface area contributed by atoms with E-state index in [1.54, 1.807) is 13.3 Å². The smallest absolute Gasteiger partial charge is 0.407 e. The van der Waals surface area contributed by atoms with Gasteiger partial charge in [-0.25, -0.2) is 9.59 Å². The number of nitrogens with zero attached hydrogens (tertiary/aromatic N) is 1. The first-order valence-electron chi connectivity index (χ1n) is 27.4. The Morgan fingerprint density at radius 1 is 0.910 bits per heavy atom. The fraction of sp³-hybridized carbons (Fsp3) is 0.679. The minimum Gasteiger partial charge on any atom is -0.462 e. The quantitative estimate of drug-likeness (QED) is 0.0379. The number of benzene rings is 1. The Labute approximate surface area is 462 Å². The number of epoxide rings is 2. The molecule has 3 saturated heterocycles. The van der Waals surface area contributed by atoms with Crippen LogP contribution >= 0.6 is 11.8 Å². The van der Waals surface area contributed by atoms with Gasteiger partial charge in [0.1, 0.15) is 60.2 Å². The van der Waals surface area contributed by atoms with Crippen molar-refractivity contribution in [2.75, 3.05) is 45.4 Å². The molecule has 1 aromatic heterocycles. The third-order valence-electron chi connectivity index (χ3n) is 15.4. The summed E-state index contributed by atoms with van der Waals surface area (Å²) in [5.74, 6) is -4.02. The van der Waals surface area contributed by atoms with E-state index >= 15 is 0 Å². The summed E-state index contributed by atoms with van der Waals surface area (Å²) in [5.41, 5.74) is 1.80. The highest BCUT2D eigenvalue weighted by Gasteiger charge is 2.72. The van der Waals surface area contributed by atoms with Crippen LogP contribution in [0.1, 0.15) is 113 Å². The van der Waals surface area contributed by atoms with E-state index in [1.807, 2.05) is 72.1 Å². The Balaban J connectivity index is 1.06. The lowest BCUT2D eigenvalue weighted by molar-refractivity contribution is -0.148. The predicted molar refractivity (Wildman–Crippen MR) is 294 cm³/mol. The number of esters is 1. The zero-order chi connectivity index (χ0) is 57.1. The first-order chi connectivity index (χ1) is 37.0. The number of likely N-dealkylation sites (tertiary alicyclic amines) is 1. The van der Waals surface area contributed by atoms with Gasteiger partial charge >= 0.3 is 12.1 Å². The zero-order valence-electron chi connectivity index (χ0n) is 47.2. The second-order valence-electron chi connectivity index (χ2n) is 22.5. The van der Waals surface area contributed by atoms with Gasteiger partial charge in [0.05, 0.1) is 31.2 Å². The van der Waals surface area contributed by atoms with Crippen LogP contribution in [0.4, 0.5) is 4.79 Å². The highest BCUT2D eigenvalue weighted by Crippen LogP contribution is 2.59. The fourth-order valence-electron chi connectivity index (χ4n) is 10.9. The summed E-state index contributed by atoms with van der Waals surface area (Å²) in [7, 11) is 1.60. The summed E-state index contributed by atoms with van der Waals surface area (Å²) in [6.07, 6.45) is 7.49. The van der Waals surface area contributed by atoms with Gasteiger partial charge in [0, 0.05) is 44.1 Å². The van der Waals surface area contributed by atoms with Gasteiger partial charge in [-0.1, -0.05) is 57.5 Å². The number of carbonyl (C=O) groups is 8. The van der Waals surface area contributed by atoms with Crippen molar-refractivity contribution in [3.63, 3.8) is 0 Å². The minimum absolute atomic E-state index is 0.000472. The van der Waals surface area contributed by atoms with E-state index in [0.29, 0.717) is 50.2 Å². The van der Waals surface area contributed by atoms with Gasteiger partial charge in [0.25, 0.3) is 0 Å². The van der Waals surface area contributed by atoms with Crippen molar-refractivity contribution in [1.29, 1.82) is 0 Å². The second-order valence-corrected chi connectivity index (χ2v) is 23.5. The maximum absolute atomic E-state index is 14.3. The number of fused-ring (bicyclic) bond motifs is 1. The van der Waals surface area contributed by atoms with Crippen LogP contribution in [-0.4, -0.2) is 169 Å². The van der Waals surface area contributed by atoms with Gasteiger partial charge in [0.2, 0.25) is 35.4 Å². The molecule has 2 aromatic rings. The molecule has 0 bridgehead atoms. The first-order valence-corrected chi connectivity index (χ1v) is 28.8. The average molecular weight is 1110 g/mol. The molecule has 3 aliphatic heterocycles. The van der Waals surface area contributed by atoms with E-state index in [4.69, 9.17) is 23.7 Å². The van der Waals surface area contributed by atoms with Gasteiger partial charge < -0.3 is 65.5 Å². The molecule has 7 amide bonds. The van der Waals surface area contributed by atoms with E-state index in [-0.39, 0.29) is 55.6 Å². The Bertz CT molecular complexity index is 2490. The van der Waals surface area contributed by atoms with Crippen LogP contribution in [0, 0.1) is 17.8 Å². The molecule has 4 aliphatic rings. The SMILES string of the molecule is CO[C@@H]1[C@H](OC(=O)N[C@@H](COC(=O)[C@H](C)NC(=O)[C@H](Cc2c[nH]c3ccccc23)NC(=O)[C@H](CCSC)NC(=O)CNC(=O)[C@H](CC(C)C)NC(=O)[C@@H]2CCCN2C(C)=O)C(C)C)CC[C@]2(CO2)[C@H]1[C@]1(C)O[C@@H]1CC=C(C)C. The Morgan fingerprint density at radius 3 is 2.28 bits per heavy atom. The van der Waals surface area contributed by atoms with Crippen molar-refractivity contribution < 1.29 is 62.0 Å². The maximum atomic E-state index is 14.3. The summed E-state index contributed by atoms with van der Waals surface area (Å²) in [4.78, 5) is 113. The molecule has 432 valence electrons. The number of alkyl carbamates (subject to hydrolysis) is 1. The van der Waals surface area contributed by atoms with Gasteiger partial charge in [-0.05, 0) is 108 Å². The number of hydrogen-bond acceptors (Lipinski definition) is 14. The number of allylic oxidation sites excluding steroid dienone is 1. The lowest BCUT2D eigenvalue weighted by Gasteiger charge is -2.42. The largest absolute Gasteiger partial charge is 0.462 e. The topological polar surface area (TPSA) is 281 Å². The molecule has 0 unspecified atom stereocenters. The number of methoxy groups -OCH3 is 1. The van der Waals surface area contributed by atoms with Gasteiger partial charge in [0.15, 0.2) is 0 Å². The van der Waals surface area contributed by atoms with Gasteiger partial charge in [-0.15, -0.1) is 0 Å². The molecule has 0 radical (unpaired) electrons. The third-order valence-corrected chi connectivity index (χ3v) is 16.1. The van der Waals surface area contributed by atoms with E-state index in [1.165, 1.54) is 36.1 Å². The lowest BCUT2D eigenvalue weighted by Crippen LogP contribution is -2.57. The number of amides is 7. The van der Waals surface area contributed by atoms with E-state index in [2.05, 4.69) is 49.9 Å². The number of rotatable bonds is 27. The Hall–Kier alpha value is -5.71. The Morgan fingerprint density at radius 2 is 1.63 bits per heavy atom. The number of aromatic nitrogens is 1. The van der Waals surface area contributed by atoms with Crippen LogP contribution in [0.25, 0.3) is 10.9 Å². The molecule has 12 atom stereocenters. The number of aromatic amines is 1. The van der Waals surface area contributed by atoms with Crippen LogP contribution in [-0.2, 0) is 63.7 Å². The second kappa shape index (κ2) is 27.4. The standard InChI is InChI=1S/C56H84N8O13S/c1-31(2)18-19-45-55(9,77-45)48-47(73-10)44(20-22-56(48)30-75-56)76-54(72)63-42(33(5)6)29-74-53(71)34(7)59-51(69)41(26-36-27-57-38-16-13-12-15-37(36)38)61-50(68)39(21-24-78-11)60-46(66)28-58-49(67)40(25-32(3)4)62-52(70)43-17-14-23-64(43)35(8)65/h12-13,15-16,18,27,32-34,39-45,47-48,57H,14,17,19-26,28-30H2,1-11H3,(H,58,67)(H,59,69)(H,60,66)(H,61,68)(H,62,70)(H,63,72)/t34-,39-,40-,41-,42-,43-,44+,45+,47+,48+,55+,56-/m0/s1. The monoisotopic (exact) mass is 1110 g/mol. The molecule has 21 nitrogen and oxygen atoms in total. The zero-order valence-corrected chi connectivity index (χ0v) is 48.1. The maximum Gasteiger partial charge on any atom is 0.407 e. The van der Waals surface area contributed by atoms with Crippen LogP contribution in [0.3, 0.4) is 0 Å². The number of carbonyl (C=O) groups excluding carboxylic acids is 8. The molecule has 4 fully saturated rings. The number of H-pyrrole nitrogens is 1. The molecule has 7 N–H and O–H groups in total. The van der Waals surface area contributed by atoms with Crippen molar-refractivity contribution in [2.24, 2.45) is 17.8 Å². The first kappa shape index (κ1) is 61.5. The van der Waals surface area contributed by atoms with Gasteiger partial charge in [-0.2, -0.15) is 11.8 Å². The van der Waals surface area contributed by atoms with Crippen LogP contribution in [0.5, 0.6) is 0 Å². The molecule has 78 heavy (non-hydrogen) atoms. The molecule has 22 heteroatoms. The fourth-order valence-corrected chi connectivity index (χ4v) is 11.4. The van der Waals surface area contributed by atoms with E-state index in [0.717, 1.165) is 17.3 Å². The van der Waals surface area contributed by atoms with E-state index in [9.17, 15) is 38.4 Å². The van der Waals surface area contributed by atoms with Crippen molar-refractivity contribution in [2.45, 2.75) is 179 Å². The molecule has 1 aliphatic carbocycles. The highest BCUT2D eigenvalue weighted by atomic mass is 32.2. The van der Waals surface area contributed by atoms with Crippen molar-refractivity contribution >= 4 is 70.2 Å². The van der Waals surface area contributed by atoms with Crippen molar-refractivity contribution in [1.82, 2.24) is 41.8 Å². The van der Waals surface area contributed by atoms with Crippen molar-refractivity contribution in [3.8, 4) is 0 Å². The number of hydrogen-bond donors (Lipinski definition) is 7. The predicted octanol–water partition coefficient (Wildman–Crippen LogP) is 3.97. The number of ether oxygens (including phenoxy) is 5. The normalized spacial score (nSPS) is 25.2. The highest BCUT2D eigenvalue weighted by molar-refractivity contribution is 7.98. The number of para-hydroxylation sites is 1. The lowest BCUT2D eigenvalue weighted by atomic mass is 9.68. The molecule has 1 saturated carbocycles. The molecule has 1 spiro atoms. The summed E-state index contributed by atoms with van der Waals surface area (Å²) >= 11 is 1.44. The van der Waals surface area contributed by atoms with Crippen LogP contribution < -0.4 is 31.9 Å². The number of thioether (sulfide) groups is 1. The summed E-state index contributed by atoms with van der Waals surface area (Å²) in [6, 6.07) is 1.55. The third kappa shape index (κ3) is 16.0. The minimum atomic E-state index is -1.24. The average Bonchev–Trinajstić information content (AvgIpc) is 4.32. The van der Waals surface area contributed by atoms with Gasteiger partial charge in [-0.3, -0.25) is 28.8 Å². The molecule has 1 aromatic carbocycles. The van der Waals surface area contributed by atoms with Crippen LogP contribution in [0.2, 0.25) is 0 Å². The Kier molecular flexibility index (Phi) is 21.6. The molecule has 6 rings (SSSR count). The van der Waals surface area contributed by atoms with Crippen LogP contribution in [0.15, 0.2) is 42.1 Å².